The van der Waals surface area contributed by atoms with Crippen molar-refractivity contribution in [2.75, 3.05) is 24.7 Å². The van der Waals surface area contributed by atoms with Gasteiger partial charge in [-0.1, -0.05) is 0 Å². The normalized spacial score (nSPS) is 25.8. The van der Waals surface area contributed by atoms with E-state index in [4.69, 9.17) is 0 Å². The third-order valence-electron chi connectivity index (χ3n) is 3.20. The Kier molecular flexibility index (Phi) is 2.97. The smallest absolute Gasteiger partial charge is 0.136 e. The summed E-state index contributed by atoms with van der Waals surface area (Å²) in [7, 11) is 0. The molecule has 1 N–H and O–H groups in total. The van der Waals surface area contributed by atoms with Crippen LogP contribution in [0.3, 0.4) is 0 Å². The standard InChI is InChI=1S/C11H16N4S/c1-2-9(6-12-4-1)10-3-5-14-15(10)11-7-16-8-13-11/h3,5,9,12H,1-2,4,6-8H2/t9-/m0/s1. The van der Waals surface area contributed by atoms with Gasteiger partial charge in [-0.3, -0.25) is 4.99 Å². The second kappa shape index (κ2) is 4.59. The van der Waals surface area contributed by atoms with Crippen LogP contribution in [0.15, 0.2) is 17.3 Å². The van der Waals surface area contributed by atoms with Crippen LogP contribution in [0, 0.1) is 0 Å². The van der Waals surface area contributed by atoms with Crippen LogP contribution in [-0.2, 0) is 0 Å². The molecule has 0 bridgehead atoms. The summed E-state index contributed by atoms with van der Waals surface area (Å²) in [5.41, 5.74) is 1.33. The maximum Gasteiger partial charge on any atom is 0.136 e. The Morgan fingerprint density at radius 2 is 2.50 bits per heavy atom. The molecule has 4 nitrogen and oxygen atoms in total. The molecule has 0 radical (unpaired) electrons. The van der Waals surface area contributed by atoms with E-state index >= 15 is 0 Å². The van der Waals surface area contributed by atoms with Gasteiger partial charge in [0.25, 0.3) is 0 Å². The molecular formula is C11H16N4S. The SMILES string of the molecule is c1cc([C@H]2CCCNC2)n(C2=NCSC2)n1. The molecule has 1 saturated heterocycles. The lowest BCUT2D eigenvalue weighted by Crippen LogP contribution is -2.31. The third kappa shape index (κ3) is 1.89. The number of nitrogens with zero attached hydrogens (tertiary/aromatic N) is 3. The zero-order valence-corrected chi connectivity index (χ0v) is 10.0. The van der Waals surface area contributed by atoms with Gasteiger partial charge >= 0.3 is 0 Å². The maximum absolute atomic E-state index is 4.49. The van der Waals surface area contributed by atoms with E-state index in [1.165, 1.54) is 18.5 Å². The Balaban J connectivity index is 1.86. The summed E-state index contributed by atoms with van der Waals surface area (Å²) in [5, 5.41) is 7.87. The van der Waals surface area contributed by atoms with E-state index in [1.807, 2.05) is 18.0 Å². The number of rotatable bonds is 1. The summed E-state index contributed by atoms with van der Waals surface area (Å²) in [4.78, 5) is 4.49. The molecule has 1 aromatic rings. The Labute approximate surface area is 99.5 Å². The minimum Gasteiger partial charge on any atom is -0.316 e. The molecule has 16 heavy (non-hydrogen) atoms. The molecule has 3 heterocycles. The summed E-state index contributed by atoms with van der Waals surface area (Å²) in [6.07, 6.45) is 4.42. The zero-order chi connectivity index (χ0) is 10.8. The Morgan fingerprint density at radius 1 is 1.50 bits per heavy atom. The molecule has 0 aliphatic carbocycles. The number of hydrogen-bond acceptors (Lipinski definition) is 4. The van der Waals surface area contributed by atoms with Crippen molar-refractivity contribution in [3.05, 3.63) is 18.0 Å². The van der Waals surface area contributed by atoms with E-state index < -0.39 is 0 Å². The largest absolute Gasteiger partial charge is 0.316 e. The zero-order valence-electron chi connectivity index (χ0n) is 9.22. The Bertz CT molecular complexity index is 392. The number of aliphatic imine (C=N–C) groups is 1. The van der Waals surface area contributed by atoms with Crippen molar-refractivity contribution in [1.82, 2.24) is 15.1 Å². The monoisotopic (exact) mass is 236 g/mol. The third-order valence-corrected chi connectivity index (χ3v) is 3.98. The van der Waals surface area contributed by atoms with Crippen molar-refractivity contribution in [2.45, 2.75) is 18.8 Å². The second-order valence-electron chi connectivity index (χ2n) is 4.26. The summed E-state index contributed by atoms with van der Waals surface area (Å²) in [6.45, 7) is 2.23. The van der Waals surface area contributed by atoms with Gasteiger partial charge in [0.2, 0.25) is 0 Å². The van der Waals surface area contributed by atoms with E-state index in [0.717, 1.165) is 30.6 Å². The van der Waals surface area contributed by atoms with Crippen LogP contribution in [0.4, 0.5) is 0 Å². The van der Waals surface area contributed by atoms with Crippen LogP contribution in [0.2, 0.25) is 0 Å². The Hall–Kier alpha value is -0.810. The molecule has 0 saturated carbocycles. The van der Waals surface area contributed by atoms with Crippen molar-refractivity contribution in [1.29, 1.82) is 0 Å². The molecule has 2 aliphatic rings. The summed E-state index contributed by atoms with van der Waals surface area (Å²) in [5.74, 6) is 3.60. The van der Waals surface area contributed by atoms with E-state index in [1.54, 1.807) is 0 Å². The molecule has 1 fully saturated rings. The molecule has 0 unspecified atom stereocenters. The number of nitrogens with one attached hydrogen (secondary N) is 1. The minimum atomic E-state index is 0.601. The maximum atomic E-state index is 4.49. The van der Waals surface area contributed by atoms with Gasteiger partial charge in [0.15, 0.2) is 0 Å². The lowest BCUT2D eigenvalue weighted by atomic mass is 9.96. The van der Waals surface area contributed by atoms with Gasteiger partial charge in [-0.25, -0.2) is 4.68 Å². The van der Waals surface area contributed by atoms with E-state index in [0.29, 0.717) is 5.92 Å². The molecule has 0 spiro atoms. The molecule has 0 amide bonds. The minimum absolute atomic E-state index is 0.601. The van der Waals surface area contributed by atoms with Crippen LogP contribution in [0.1, 0.15) is 24.5 Å². The van der Waals surface area contributed by atoms with Gasteiger partial charge in [0, 0.05) is 18.7 Å². The van der Waals surface area contributed by atoms with E-state index in [9.17, 15) is 0 Å². The van der Waals surface area contributed by atoms with Gasteiger partial charge < -0.3 is 5.32 Å². The fraction of sp³-hybridized carbons (Fsp3) is 0.636. The lowest BCUT2D eigenvalue weighted by molar-refractivity contribution is 0.449. The fourth-order valence-electron chi connectivity index (χ4n) is 2.37. The molecule has 2 aliphatic heterocycles. The van der Waals surface area contributed by atoms with Gasteiger partial charge in [-0.15, -0.1) is 11.8 Å². The molecule has 3 rings (SSSR count). The number of thioether (sulfide) groups is 1. The first kappa shape index (κ1) is 10.4. The van der Waals surface area contributed by atoms with E-state index in [2.05, 4.69) is 26.2 Å². The summed E-state index contributed by atoms with van der Waals surface area (Å²) in [6, 6.07) is 2.14. The quantitative estimate of drug-likeness (QED) is 0.799. The summed E-state index contributed by atoms with van der Waals surface area (Å²) < 4.78 is 2.05. The second-order valence-corrected chi connectivity index (χ2v) is 5.22. The first-order valence-electron chi connectivity index (χ1n) is 5.81. The lowest BCUT2D eigenvalue weighted by Gasteiger charge is -2.23. The first-order valence-corrected chi connectivity index (χ1v) is 6.97. The average molecular weight is 236 g/mol. The molecular weight excluding hydrogens is 220 g/mol. The van der Waals surface area contributed by atoms with Crippen molar-refractivity contribution in [3.63, 3.8) is 0 Å². The molecule has 5 heteroatoms. The van der Waals surface area contributed by atoms with Crippen molar-refractivity contribution < 1.29 is 0 Å². The van der Waals surface area contributed by atoms with Crippen LogP contribution in [-0.4, -0.2) is 40.3 Å². The van der Waals surface area contributed by atoms with Crippen molar-refractivity contribution in [2.24, 2.45) is 4.99 Å². The number of hydrogen-bond donors (Lipinski definition) is 1. The van der Waals surface area contributed by atoms with Gasteiger partial charge in [-0.05, 0) is 25.5 Å². The molecule has 1 atom stereocenters. The van der Waals surface area contributed by atoms with Crippen LogP contribution in [0.5, 0.6) is 0 Å². The van der Waals surface area contributed by atoms with Gasteiger partial charge in [0.1, 0.15) is 5.84 Å². The molecule has 86 valence electrons. The fourth-order valence-corrected chi connectivity index (χ4v) is 3.10. The average Bonchev–Trinajstić information content (AvgIpc) is 3.01. The van der Waals surface area contributed by atoms with Crippen molar-refractivity contribution in [3.8, 4) is 0 Å². The van der Waals surface area contributed by atoms with Crippen LogP contribution < -0.4 is 5.32 Å². The molecule has 0 aromatic carbocycles. The summed E-state index contributed by atoms with van der Waals surface area (Å²) >= 11 is 1.86. The van der Waals surface area contributed by atoms with E-state index in [-0.39, 0.29) is 0 Å². The highest BCUT2D eigenvalue weighted by Gasteiger charge is 2.21. The van der Waals surface area contributed by atoms with Crippen LogP contribution >= 0.6 is 11.8 Å². The topological polar surface area (TPSA) is 42.2 Å². The number of piperidine rings is 1. The van der Waals surface area contributed by atoms with Crippen LogP contribution in [0.25, 0.3) is 0 Å². The highest BCUT2D eigenvalue weighted by atomic mass is 32.2. The van der Waals surface area contributed by atoms with Crippen molar-refractivity contribution >= 4 is 17.6 Å². The highest BCUT2D eigenvalue weighted by Crippen LogP contribution is 2.24. The Morgan fingerprint density at radius 3 is 3.25 bits per heavy atom. The first-order chi connectivity index (χ1) is 7.95. The highest BCUT2D eigenvalue weighted by molar-refractivity contribution is 8.00. The predicted molar refractivity (Wildman–Crippen MR) is 67.2 cm³/mol. The molecule has 1 aromatic heterocycles. The van der Waals surface area contributed by atoms with Gasteiger partial charge in [-0.2, -0.15) is 5.10 Å². The number of aromatic nitrogens is 2. The predicted octanol–water partition coefficient (Wildman–Crippen LogP) is 1.30. The van der Waals surface area contributed by atoms with Gasteiger partial charge in [0.05, 0.1) is 17.3 Å².